The minimum atomic E-state index is -2.67. The van der Waals surface area contributed by atoms with Crippen molar-refractivity contribution in [1.29, 1.82) is 0 Å². The Bertz CT molecular complexity index is 368. The first kappa shape index (κ1) is 12.1. The number of nitrogens with zero attached hydrogens (tertiary/aromatic N) is 2. The molecule has 1 atom stereocenters. The first-order chi connectivity index (χ1) is 6.91. The van der Waals surface area contributed by atoms with Crippen LogP contribution >= 0.6 is 15.9 Å². The van der Waals surface area contributed by atoms with E-state index in [-0.39, 0.29) is 16.7 Å². The van der Waals surface area contributed by atoms with Gasteiger partial charge in [0.05, 0.1) is 16.9 Å². The Morgan fingerprint density at radius 1 is 1.73 bits per heavy atom. The molecule has 0 amide bonds. The molecule has 0 fully saturated rings. The Balaban J connectivity index is 2.79. The van der Waals surface area contributed by atoms with Crippen molar-refractivity contribution in [2.45, 2.75) is 19.9 Å². The maximum Gasteiger partial charge on any atom is 0.308 e. The monoisotopic (exact) mass is 282 g/mol. The molecule has 0 bridgehead atoms. The highest BCUT2D eigenvalue weighted by Gasteiger charge is 2.18. The molecule has 4 nitrogen and oxygen atoms in total. The summed E-state index contributed by atoms with van der Waals surface area (Å²) in [5.41, 5.74) is -0.368. The van der Waals surface area contributed by atoms with Crippen LogP contribution in [0.5, 0.6) is 0 Å². The van der Waals surface area contributed by atoms with Gasteiger partial charge in [-0.15, -0.1) is 0 Å². The summed E-state index contributed by atoms with van der Waals surface area (Å²) in [4.78, 5) is 10.5. The van der Waals surface area contributed by atoms with Gasteiger partial charge in [0, 0.05) is 6.20 Å². The summed E-state index contributed by atoms with van der Waals surface area (Å²) >= 11 is 2.93. The van der Waals surface area contributed by atoms with E-state index in [4.69, 9.17) is 5.11 Å². The predicted octanol–water partition coefficient (Wildman–Crippen LogP) is 2.30. The molecule has 1 N–H and O–H groups in total. The van der Waals surface area contributed by atoms with E-state index < -0.39 is 18.3 Å². The smallest absolute Gasteiger partial charge is 0.308 e. The molecule has 0 saturated carbocycles. The fourth-order valence-electron chi connectivity index (χ4n) is 1.01. The van der Waals surface area contributed by atoms with Gasteiger partial charge in [0.15, 0.2) is 0 Å². The summed E-state index contributed by atoms with van der Waals surface area (Å²) in [6.07, 6.45) is -1.32. The van der Waals surface area contributed by atoms with Gasteiger partial charge >= 0.3 is 5.97 Å². The zero-order chi connectivity index (χ0) is 11.6. The van der Waals surface area contributed by atoms with Crippen molar-refractivity contribution < 1.29 is 18.7 Å². The van der Waals surface area contributed by atoms with Crippen LogP contribution < -0.4 is 0 Å². The molecule has 0 aliphatic carbocycles. The van der Waals surface area contributed by atoms with Crippen molar-refractivity contribution in [2.75, 3.05) is 0 Å². The van der Waals surface area contributed by atoms with E-state index in [0.29, 0.717) is 0 Å². The zero-order valence-corrected chi connectivity index (χ0v) is 9.41. The molecule has 1 aromatic rings. The molecule has 0 radical (unpaired) electrons. The number of carboxylic acid groups (broad SMARTS) is 1. The second-order valence-electron chi connectivity index (χ2n) is 3.12. The standard InChI is InChI=1S/C8H9BrF2N2O2/c1-4(8(14)15)2-13-3-5(9)6(12-13)7(10)11/h3-4,7H,2H2,1H3,(H,14,15)/t4-/m0/s1. The molecule has 1 heterocycles. The molecular weight excluding hydrogens is 274 g/mol. The van der Waals surface area contributed by atoms with Crippen LogP contribution in [0.1, 0.15) is 19.0 Å². The van der Waals surface area contributed by atoms with Gasteiger partial charge in [-0.3, -0.25) is 9.48 Å². The van der Waals surface area contributed by atoms with E-state index in [1.54, 1.807) is 0 Å². The molecule has 0 unspecified atom stereocenters. The molecule has 0 spiro atoms. The highest BCUT2D eigenvalue weighted by molar-refractivity contribution is 9.10. The largest absolute Gasteiger partial charge is 0.481 e. The van der Waals surface area contributed by atoms with Gasteiger partial charge < -0.3 is 5.11 Å². The second-order valence-corrected chi connectivity index (χ2v) is 3.98. The van der Waals surface area contributed by atoms with Gasteiger partial charge in [-0.2, -0.15) is 5.10 Å². The van der Waals surface area contributed by atoms with Crippen LogP contribution in [0.3, 0.4) is 0 Å². The summed E-state index contributed by atoms with van der Waals surface area (Å²) in [5, 5.41) is 12.2. The molecule has 15 heavy (non-hydrogen) atoms. The number of hydrogen-bond donors (Lipinski definition) is 1. The van der Waals surface area contributed by atoms with E-state index in [9.17, 15) is 13.6 Å². The Hall–Kier alpha value is -0.980. The van der Waals surface area contributed by atoms with E-state index >= 15 is 0 Å². The Morgan fingerprint density at radius 2 is 2.33 bits per heavy atom. The van der Waals surface area contributed by atoms with E-state index in [1.807, 2.05) is 0 Å². The topological polar surface area (TPSA) is 55.1 Å². The lowest BCUT2D eigenvalue weighted by atomic mass is 10.2. The lowest BCUT2D eigenvalue weighted by Crippen LogP contribution is -2.17. The quantitative estimate of drug-likeness (QED) is 0.922. The average molecular weight is 283 g/mol. The highest BCUT2D eigenvalue weighted by atomic mass is 79.9. The Morgan fingerprint density at radius 3 is 2.73 bits per heavy atom. The maximum atomic E-state index is 12.3. The first-order valence-corrected chi connectivity index (χ1v) is 4.95. The van der Waals surface area contributed by atoms with Crippen molar-refractivity contribution in [3.05, 3.63) is 16.4 Å². The molecule has 1 aromatic heterocycles. The molecule has 84 valence electrons. The third-order valence-corrected chi connectivity index (χ3v) is 2.44. The first-order valence-electron chi connectivity index (χ1n) is 4.15. The van der Waals surface area contributed by atoms with Gasteiger partial charge in [-0.05, 0) is 15.9 Å². The van der Waals surface area contributed by atoms with E-state index in [2.05, 4.69) is 21.0 Å². The number of alkyl halides is 2. The molecule has 0 saturated heterocycles. The second kappa shape index (κ2) is 4.69. The van der Waals surface area contributed by atoms with Gasteiger partial charge in [0.1, 0.15) is 5.69 Å². The van der Waals surface area contributed by atoms with E-state index in [1.165, 1.54) is 17.8 Å². The number of carbonyl (C=O) groups is 1. The number of hydrogen-bond acceptors (Lipinski definition) is 2. The maximum absolute atomic E-state index is 12.3. The summed E-state index contributed by atoms with van der Waals surface area (Å²) in [6, 6.07) is 0. The van der Waals surface area contributed by atoms with Crippen LogP contribution in [0.15, 0.2) is 10.7 Å². The molecule has 1 rings (SSSR count). The number of rotatable bonds is 4. The SMILES string of the molecule is C[C@@H](Cn1cc(Br)c(C(F)F)n1)C(=O)O. The molecular formula is C8H9BrF2N2O2. The van der Waals surface area contributed by atoms with Crippen molar-refractivity contribution in [3.63, 3.8) is 0 Å². The molecule has 7 heteroatoms. The molecule has 0 aliphatic heterocycles. The minimum absolute atomic E-state index is 0.0701. The lowest BCUT2D eigenvalue weighted by molar-refractivity contribution is -0.141. The lowest BCUT2D eigenvalue weighted by Gasteiger charge is -2.05. The minimum Gasteiger partial charge on any atom is -0.481 e. The number of aliphatic carboxylic acids is 1. The van der Waals surface area contributed by atoms with Gasteiger partial charge in [-0.25, -0.2) is 8.78 Å². The van der Waals surface area contributed by atoms with Crippen molar-refractivity contribution in [3.8, 4) is 0 Å². The number of halogens is 3. The molecule has 0 aromatic carbocycles. The summed E-state index contributed by atoms with van der Waals surface area (Å²) < 4.78 is 26.0. The van der Waals surface area contributed by atoms with Crippen LogP contribution in [-0.4, -0.2) is 20.9 Å². The third kappa shape index (κ3) is 2.98. The van der Waals surface area contributed by atoms with Crippen molar-refractivity contribution in [1.82, 2.24) is 9.78 Å². The fourth-order valence-corrected chi connectivity index (χ4v) is 1.50. The number of aromatic nitrogens is 2. The van der Waals surface area contributed by atoms with Gasteiger partial charge in [0.25, 0.3) is 6.43 Å². The normalized spacial score (nSPS) is 13.1. The van der Waals surface area contributed by atoms with E-state index in [0.717, 1.165) is 0 Å². The van der Waals surface area contributed by atoms with Crippen LogP contribution in [0.25, 0.3) is 0 Å². The Kier molecular flexibility index (Phi) is 3.78. The fraction of sp³-hybridized carbons (Fsp3) is 0.500. The van der Waals surface area contributed by atoms with Crippen LogP contribution in [0.2, 0.25) is 0 Å². The summed E-state index contributed by atoms with van der Waals surface area (Å²) in [7, 11) is 0. The van der Waals surface area contributed by atoms with Gasteiger partial charge in [0.2, 0.25) is 0 Å². The third-order valence-electron chi connectivity index (χ3n) is 1.83. The average Bonchev–Trinajstić information content (AvgIpc) is 2.46. The summed E-state index contributed by atoms with van der Waals surface area (Å²) in [6.45, 7) is 1.56. The van der Waals surface area contributed by atoms with Crippen LogP contribution in [0, 0.1) is 5.92 Å². The van der Waals surface area contributed by atoms with Crippen LogP contribution in [-0.2, 0) is 11.3 Å². The Labute approximate surface area is 93.0 Å². The molecule has 0 aliphatic rings. The summed E-state index contributed by atoms with van der Waals surface area (Å²) in [5.74, 6) is -1.65. The van der Waals surface area contributed by atoms with Crippen molar-refractivity contribution in [2.24, 2.45) is 5.92 Å². The van der Waals surface area contributed by atoms with Gasteiger partial charge in [-0.1, -0.05) is 6.92 Å². The van der Waals surface area contributed by atoms with Crippen molar-refractivity contribution >= 4 is 21.9 Å². The predicted molar refractivity (Wildman–Crippen MR) is 51.7 cm³/mol. The number of carboxylic acids is 1. The van der Waals surface area contributed by atoms with Crippen LogP contribution in [0.4, 0.5) is 8.78 Å². The highest BCUT2D eigenvalue weighted by Crippen LogP contribution is 2.25. The zero-order valence-electron chi connectivity index (χ0n) is 7.82.